The molecule has 0 radical (unpaired) electrons. The maximum absolute atomic E-state index is 10.8. The Bertz CT molecular complexity index is 402. The number of nitrogens with zero attached hydrogens (tertiary/aromatic N) is 1. The molecule has 0 fully saturated rings. The van der Waals surface area contributed by atoms with Crippen LogP contribution in [0.1, 0.15) is 6.92 Å². The molecule has 0 aliphatic rings. The SMILES string of the molecule is CC(COc1ccccc1)=NOP(N)(N)=O. The highest BCUT2D eigenvalue weighted by atomic mass is 31.2. The van der Waals surface area contributed by atoms with E-state index in [1.54, 1.807) is 6.92 Å². The van der Waals surface area contributed by atoms with Crippen molar-refractivity contribution in [3.05, 3.63) is 30.3 Å². The smallest absolute Gasteiger partial charge is 0.405 e. The minimum absolute atomic E-state index is 0.212. The Labute approximate surface area is 93.8 Å². The van der Waals surface area contributed by atoms with E-state index in [-0.39, 0.29) is 6.61 Å². The molecule has 88 valence electrons. The third kappa shape index (κ3) is 5.50. The molecule has 1 aromatic carbocycles. The standard InChI is InChI=1S/C9H14N3O3P/c1-8(12-15-16(10,11)13)7-14-9-5-3-2-4-6-9/h2-6H,7H2,1H3,(H4,10,11,13). The van der Waals surface area contributed by atoms with Gasteiger partial charge in [-0.15, -0.1) is 0 Å². The quantitative estimate of drug-likeness (QED) is 0.463. The maximum atomic E-state index is 10.8. The molecular weight excluding hydrogens is 229 g/mol. The van der Waals surface area contributed by atoms with Crippen molar-refractivity contribution < 1.29 is 13.9 Å². The molecule has 6 nitrogen and oxygen atoms in total. The summed E-state index contributed by atoms with van der Waals surface area (Å²) in [6.45, 7) is 1.86. The molecule has 0 amide bonds. The summed E-state index contributed by atoms with van der Waals surface area (Å²) in [6.07, 6.45) is 0. The first-order chi connectivity index (χ1) is 7.47. The minimum Gasteiger partial charge on any atom is -0.488 e. The van der Waals surface area contributed by atoms with Gasteiger partial charge in [0.1, 0.15) is 12.4 Å². The molecule has 4 N–H and O–H groups in total. The molecule has 0 heterocycles. The molecule has 0 aromatic heterocycles. The highest BCUT2D eigenvalue weighted by Gasteiger charge is 2.08. The topological polar surface area (TPSA) is 99.9 Å². The van der Waals surface area contributed by atoms with E-state index in [2.05, 4.69) is 9.78 Å². The zero-order valence-electron chi connectivity index (χ0n) is 8.87. The van der Waals surface area contributed by atoms with Gasteiger partial charge in [-0.2, -0.15) is 0 Å². The van der Waals surface area contributed by atoms with Gasteiger partial charge in [0.2, 0.25) is 0 Å². The van der Waals surface area contributed by atoms with E-state index >= 15 is 0 Å². The minimum atomic E-state index is -3.56. The number of oxime groups is 1. The summed E-state index contributed by atoms with van der Waals surface area (Å²) < 4.78 is 20.5. The van der Waals surface area contributed by atoms with Crippen LogP contribution in [0.3, 0.4) is 0 Å². The Kier molecular flexibility index (Phi) is 4.49. The monoisotopic (exact) mass is 243 g/mol. The van der Waals surface area contributed by atoms with Crippen LogP contribution in [0.4, 0.5) is 0 Å². The van der Waals surface area contributed by atoms with Gasteiger partial charge in [-0.05, 0) is 19.1 Å². The normalized spacial score (nSPS) is 12.3. The largest absolute Gasteiger partial charge is 0.488 e. The summed E-state index contributed by atoms with van der Waals surface area (Å²) in [5, 5.41) is 3.49. The second-order valence-corrected chi connectivity index (χ2v) is 4.61. The summed E-state index contributed by atoms with van der Waals surface area (Å²) in [4.78, 5) is 0. The van der Waals surface area contributed by atoms with Crippen LogP contribution in [0.25, 0.3) is 0 Å². The van der Waals surface area contributed by atoms with E-state index in [0.29, 0.717) is 11.5 Å². The molecule has 0 saturated heterocycles. The Morgan fingerprint density at radius 3 is 2.56 bits per heavy atom. The Balaban J connectivity index is 2.41. The third-order valence-corrected chi connectivity index (χ3v) is 1.85. The van der Waals surface area contributed by atoms with E-state index in [4.69, 9.17) is 15.7 Å². The molecular formula is C9H14N3O3P. The van der Waals surface area contributed by atoms with Gasteiger partial charge in [0, 0.05) is 0 Å². The fourth-order valence-corrected chi connectivity index (χ4v) is 1.13. The van der Waals surface area contributed by atoms with Gasteiger partial charge >= 0.3 is 7.67 Å². The first-order valence-electron chi connectivity index (χ1n) is 4.54. The lowest BCUT2D eigenvalue weighted by Crippen LogP contribution is -2.10. The predicted molar refractivity (Wildman–Crippen MR) is 62.1 cm³/mol. The van der Waals surface area contributed by atoms with Gasteiger partial charge < -0.3 is 9.36 Å². The number of ether oxygens (including phenoxy) is 1. The average Bonchev–Trinajstić information content (AvgIpc) is 2.24. The summed E-state index contributed by atoms with van der Waals surface area (Å²) >= 11 is 0. The number of hydrogen-bond acceptors (Lipinski definition) is 4. The first kappa shape index (κ1) is 12.7. The summed E-state index contributed by atoms with van der Waals surface area (Å²) in [7, 11) is -3.56. The Hall–Kier alpha value is -1.36. The Morgan fingerprint density at radius 2 is 2.00 bits per heavy atom. The maximum Gasteiger partial charge on any atom is 0.405 e. The van der Waals surface area contributed by atoms with E-state index < -0.39 is 7.67 Å². The molecule has 0 spiro atoms. The van der Waals surface area contributed by atoms with Gasteiger partial charge in [-0.1, -0.05) is 23.4 Å². The number of benzene rings is 1. The van der Waals surface area contributed by atoms with Crippen LogP contribution in [-0.4, -0.2) is 12.3 Å². The zero-order chi connectivity index (χ0) is 12.0. The lowest BCUT2D eigenvalue weighted by Gasteiger charge is -2.06. The molecule has 0 aliphatic carbocycles. The number of para-hydroxylation sites is 1. The van der Waals surface area contributed by atoms with E-state index in [0.717, 1.165) is 0 Å². The van der Waals surface area contributed by atoms with Crippen LogP contribution in [0, 0.1) is 0 Å². The molecule has 7 heteroatoms. The lowest BCUT2D eigenvalue weighted by atomic mass is 10.3. The van der Waals surface area contributed by atoms with Crippen LogP contribution in [0.15, 0.2) is 35.5 Å². The van der Waals surface area contributed by atoms with Crippen LogP contribution in [0.5, 0.6) is 5.75 Å². The molecule has 1 rings (SSSR count). The highest BCUT2D eigenvalue weighted by molar-refractivity contribution is 7.53. The van der Waals surface area contributed by atoms with Crippen molar-refractivity contribution in [3.8, 4) is 5.75 Å². The van der Waals surface area contributed by atoms with Crippen molar-refractivity contribution in [2.75, 3.05) is 6.61 Å². The van der Waals surface area contributed by atoms with Crippen LogP contribution < -0.4 is 15.7 Å². The average molecular weight is 243 g/mol. The number of nitrogens with two attached hydrogens (primary N) is 2. The van der Waals surface area contributed by atoms with E-state index in [9.17, 15) is 4.57 Å². The first-order valence-corrected chi connectivity index (χ1v) is 6.31. The summed E-state index contributed by atoms with van der Waals surface area (Å²) in [6, 6.07) is 9.21. The number of hydrogen-bond donors (Lipinski definition) is 2. The molecule has 16 heavy (non-hydrogen) atoms. The van der Waals surface area contributed by atoms with Gasteiger partial charge in [0.15, 0.2) is 0 Å². The number of rotatable bonds is 5. The van der Waals surface area contributed by atoms with Gasteiger partial charge in [-0.25, -0.2) is 15.6 Å². The second-order valence-electron chi connectivity index (χ2n) is 3.16. The predicted octanol–water partition coefficient (Wildman–Crippen LogP) is 1.48. The van der Waals surface area contributed by atoms with Crippen molar-refractivity contribution in [1.29, 1.82) is 0 Å². The molecule has 0 unspecified atom stereocenters. The zero-order valence-corrected chi connectivity index (χ0v) is 9.76. The second kappa shape index (κ2) is 5.65. The van der Waals surface area contributed by atoms with Crippen LogP contribution >= 0.6 is 7.67 Å². The van der Waals surface area contributed by atoms with E-state index in [1.807, 2.05) is 30.3 Å². The molecule has 0 aliphatic heterocycles. The molecule has 0 bridgehead atoms. The van der Waals surface area contributed by atoms with Crippen LogP contribution in [-0.2, 0) is 9.19 Å². The van der Waals surface area contributed by atoms with Crippen molar-refractivity contribution in [3.63, 3.8) is 0 Å². The van der Waals surface area contributed by atoms with E-state index in [1.165, 1.54) is 0 Å². The highest BCUT2D eigenvalue weighted by Crippen LogP contribution is 2.26. The summed E-state index contributed by atoms with van der Waals surface area (Å²) in [5.74, 6) is 0.709. The molecule has 1 aromatic rings. The van der Waals surface area contributed by atoms with Gasteiger partial charge in [-0.3, -0.25) is 0 Å². The summed E-state index contributed by atoms with van der Waals surface area (Å²) in [5.41, 5.74) is 10.4. The van der Waals surface area contributed by atoms with Gasteiger partial charge in [0.25, 0.3) is 0 Å². The fraction of sp³-hybridized carbons (Fsp3) is 0.222. The van der Waals surface area contributed by atoms with Crippen molar-refractivity contribution >= 4 is 13.4 Å². The van der Waals surface area contributed by atoms with Gasteiger partial charge in [0.05, 0.1) is 5.71 Å². The molecule has 0 saturated carbocycles. The van der Waals surface area contributed by atoms with Crippen molar-refractivity contribution in [1.82, 2.24) is 0 Å². The van der Waals surface area contributed by atoms with Crippen LogP contribution in [0.2, 0.25) is 0 Å². The fourth-order valence-electron chi connectivity index (χ4n) is 0.864. The van der Waals surface area contributed by atoms with Crippen molar-refractivity contribution in [2.45, 2.75) is 6.92 Å². The third-order valence-electron chi connectivity index (χ3n) is 1.52. The van der Waals surface area contributed by atoms with Crippen molar-refractivity contribution in [2.24, 2.45) is 16.2 Å². The lowest BCUT2D eigenvalue weighted by molar-refractivity contribution is 0.322. The molecule has 0 atom stereocenters. The Morgan fingerprint density at radius 1 is 1.38 bits per heavy atom.